The highest BCUT2D eigenvalue weighted by molar-refractivity contribution is 6.12. The molecule has 4 N–H and O–H groups in total. The van der Waals surface area contributed by atoms with Crippen LogP contribution in [0.5, 0.6) is 0 Å². The first-order valence-corrected chi connectivity index (χ1v) is 8.71. The monoisotopic (exact) mass is 380 g/mol. The lowest BCUT2D eigenvalue weighted by atomic mass is 9.82. The van der Waals surface area contributed by atoms with Crippen molar-refractivity contribution < 1.29 is 9.18 Å². The molecule has 1 amide bonds. The van der Waals surface area contributed by atoms with Gasteiger partial charge in [-0.05, 0) is 30.2 Å². The number of likely N-dealkylation sites (N-methyl/N-ethyl adjacent to an activating group) is 1. The second kappa shape index (κ2) is 7.59. The van der Waals surface area contributed by atoms with Gasteiger partial charge in [0, 0.05) is 43.3 Å². The fraction of sp³-hybridized carbons (Fsp3) is 0.200. The number of nitrogens with zero attached hydrogens (tertiary/aromatic N) is 4. The molecule has 28 heavy (non-hydrogen) atoms. The maximum Gasteiger partial charge on any atom is 0.266 e. The smallest absolute Gasteiger partial charge is 0.266 e. The highest BCUT2D eigenvalue weighted by atomic mass is 19.1. The molecule has 1 aliphatic rings. The summed E-state index contributed by atoms with van der Waals surface area (Å²) in [5.41, 5.74) is 12.6. The topological polar surface area (TPSA) is 110 Å². The first-order chi connectivity index (χ1) is 13.4. The standard InChI is InChI=1S/C20H21FN6O/c1-3-24-11-16(9-22)20(18(28)27(2)19(23)26-20)15-6-4-5-13(7-15)14-8-17(21)12-25-10-14/h4-12H,3,22H2,1-2H3,(H2,23,26). The predicted molar refractivity (Wildman–Crippen MR) is 107 cm³/mol. The Morgan fingerprint density at radius 2 is 2.11 bits per heavy atom. The molecule has 0 spiro atoms. The number of benzene rings is 1. The number of carbonyl (C=O) groups is 1. The summed E-state index contributed by atoms with van der Waals surface area (Å²) in [7, 11) is 1.55. The van der Waals surface area contributed by atoms with Crippen molar-refractivity contribution in [1.82, 2.24) is 9.88 Å². The van der Waals surface area contributed by atoms with Crippen molar-refractivity contribution in [2.45, 2.75) is 12.5 Å². The van der Waals surface area contributed by atoms with E-state index in [1.54, 1.807) is 37.5 Å². The van der Waals surface area contributed by atoms with Gasteiger partial charge in [-0.1, -0.05) is 18.2 Å². The van der Waals surface area contributed by atoms with Crippen molar-refractivity contribution in [3.8, 4) is 11.1 Å². The molecule has 7 nitrogen and oxygen atoms in total. The minimum absolute atomic E-state index is 0.0760. The van der Waals surface area contributed by atoms with Crippen LogP contribution < -0.4 is 11.5 Å². The molecule has 2 heterocycles. The van der Waals surface area contributed by atoms with Crippen molar-refractivity contribution in [1.29, 1.82) is 0 Å². The highest BCUT2D eigenvalue weighted by Crippen LogP contribution is 2.39. The zero-order chi connectivity index (χ0) is 20.3. The number of halogens is 1. The number of aliphatic imine (C=N–C) groups is 2. The van der Waals surface area contributed by atoms with Crippen LogP contribution in [0, 0.1) is 5.82 Å². The van der Waals surface area contributed by atoms with Crippen molar-refractivity contribution in [2.24, 2.45) is 21.5 Å². The first kappa shape index (κ1) is 19.2. The van der Waals surface area contributed by atoms with E-state index >= 15 is 0 Å². The molecular weight excluding hydrogens is 359 g/mol. The van der Waals surface area contributed by atoms with Gasteiger partial charge in [0.05, 0.1) is 6.20 Å². The third-order valence-corrected chi connectivity index (χ3v) is 4.57. The molecule has 1 atom stereocenters. The van der Waals surface area contributed by atoms with Crippen molar-refractivity contribution in [3.63, 3.8) is 0 Å². The number of amides is 1. The van der Waals surface area contributed by atoms with Gasteiger partial charge in [-0.3, -0.25) is 19.7 Å². The van der Waals surface area contributed by atoms with Gasteiger partial charge in [0.15, 0.2) is 11.5 Å². The number of guanidine groups is 1. The summed E-state index contributed by atoms with van der Waals surface area (Å²) in [5.74, 6) is -0.722. The Morgan fingerprint density at radius 3 is 2.71 bits per heavy atom. The summed E-state index contributed by atoms with van der Waals surface area (Å²) < 4.78 is 13.6. The summed E-state index contributed by atoms with van der Waals surface area (Å²) >= 11 is 0. The molecule has 3 rings (SSSR count). The zero-order valence-corrected chi connectivity index (χ0v) is 15.6. The minimum Gasteiger partial charge on any atom is -0.404 e. The number of pyridine rings is 1. The van der Waals surface area contributed by atoms with Crippen molar-refractivity contribution >= 4 is 18.1 Å². The normalized spacial score (nSPS) is 20.1. The molecule has 144 valence electrons. The van der Waals surface area contributed by atoms with E-state index in [0.717, 1.165) is 6.20 Å². The molecule has 1 unspecified atom stereocenters. The third-order valence-electron chi connectivity index (χ3n) is 4.57. The fourth-order valence-corrected chi connectivity index (χ4v) is 3.12. The Labute approximate surface area is 162 Å². The van der Waals surface area contributed by atoms with Gasteiger partial charge in [-0.25, -0.2) is 9.38 Å². The van der Waals surface area contributed by atoms with Gasteiger partial charge >= 0.3 is 0 Å². The number of hydrogen-bond acceptors (Lipinski definition) is 6. The van der Waals surface area contributed by atoms with Crippen LogP contribution in [0.4, 0.5) is 4.39 Å². The molecule has 2 aromatic rings. The van der Waals surface area contributed by atoms with Crippen molar-refractivity contribution in [2.75, 3.05) is 13.6 Å². The van der Waals surface area contributed by atoms with E-state index < -0.39 is 11.4 Å². The van der Waals surface area contributed by atoms with Gasteiger partial charge in [0.2, 0.25) is 0 Å². The van der Waals surface area contributed by atoms with Crippen LogP contribution >= 0.6 is 0 Å². The summed E-state index contributed by atoms with van der Waals surface area (Å²) in [6.07, 6.45) is 5.52. The number of aromatic nitrogens is 1. The number of carbonyl (C=O) groups excluding carboxylic acids is 1. The highest BCUT2D eigenvalue weighted by Gasteiger charge is 2.50. The molecule has 1 aliphatic heterocycles. The first-order valence-electron chi connectivity index (χ1n) is 8.71. The Morgan fingerprint density at radius 1 is 1.32 bits per heavy atom. The molecule has 0 radical (unpaired) electrons. The molecule has 0 fully saturated rings. The molecule has 0 bridgehead atoms. The lowest BCUT2D eigenvalue weighted by Gasteiger charge is -2.26. The SMILES string of the molecule is CCN=CC(=CN)C1(c2cccc(-c3cncc(F)c3)c2)N=C(N)N(C)C1=O. The van der Waals surface area contributed by atoms with Gasteiger partial charge < -0.3 is 11.5 Å². The van der Waals surface area contributed by atoms with E-state index in [-0.39, 0.29) is 11.9 Å². The third kappa shape index (κ3) is 3.13. The Kier molecular flexibility index (Phi) is 5.21. The largest absolute Gasteiger partial charge is 0.404 e. The molecule has 1 aromatic heterocycles. The second-order valence-electron chi connectivity index (χ2n) is 6.27. The minimum atomic E-state index is -1.46. The molecule has 0 saturated heterocycles. The van der Waals surface area contributed by atoms with Crippen LogP contribution in [0.1, 0.15) is 12.5 Å². The van der Waals surface area contributed by atoms with E-state index in [0.29, 0.717) is 28.8 Å². The van der Waals surface area contributed by atoms with E-state index in [2.05, 4.69) is 15.0 Å². The molecule has 0 saturated carbocycles. The van der Waals surface area contributed by atoms with Crippen LogP contribution in [-0.4, -0.2) is 41.6 Å². The van der Waals surface area contributed by atoms with Crippen LogP contribution in [0.2, 0.25) is 0 Å². The van der Waals surface area contributed by atoms with Crippen LogP contribution in [0.15, 0.2) is 64.5 Å². The summed E-state index contributed by atoms with van der Waals surface area (Å²) in [6.45, 7) is 2.39. The van der Waals surface area contributed by atoms with Crippen LogP contribution in [0.25, 0.3) is 11.1 Å². The second-order valence-corrected chi connectivity index (χ2v) is 6.27. The average molecular weight is 380 g/mol. The summed E-state index contributed by atoms with van der Waals surface area (Å²) in [6, 6.07) is 8.45. The zero-order valence-electron chi connectivity index (χ0n) is 15.6. The van der Waals surface area contributed by atoms with Crippen LogP contribution in [0.3, 0.4) is 0 Å². The van der Waals surface area contributed by atoms with Gasteiger partial charge in [0.1, 0.15) is 5.82 Å². The predicted octanol–water partition coefficient (Wildman–Crippen LogP) is 1.80. The van der Waals surface area contributed by atoms with E-state index in [9.17, 15) is 9.18 Å². The summed E-state index contributed by atoms with van der Waals surface area (Å²) in [4.78, 5) is 27.1. The van der Waals surface area contributed by atoms with E-state index in [1.165, 1.54) is 23.4 Å². The molecule has 1 aromatic carbocycles. The van der Waals surface area contributed by atoms with Gasteiger partial charge in [-0.2, -0.15) is 0 Å². The van der Waals surface area contributed by atoms with Crippen LogP contribution in [-0.2, 0) is 10.3 Å². The maximum atomic E-state index is 13.6. The Balaban J connectivity index is 2.22. The molecule has 0 aliphatic carbocycles. The van der Waals surface area contributed by atoms with Gasteiger partial charge in [0.25, 0.3) is 5.91 Å². The summed E-state index contributed by atoms with van der Waals surface area (Å²) in [5, 5.41) is 0. The van der Waals surface area contributed by atoms with E-state index in [4.69, 9.17) is 11.5 Å². The lowest BCUT2D eigenvalue weighted by Crippen LogP contribution is -2.42. The molecule has 8 heteroatoms. The number of rotatable bonds is 5. The number of nitrogens with two attached hydrogens (primary N) is 2. The molecular formula is C20H21FN6O. The Hall–Kier alpha value is -3.55. The van der Waals surface area contributed by atoms with Gasteiger partial charge in [-0.15, -0.1) is 0 Å². The quantitative estimate of drug-likeness (QED) is 0.771. The Bertz CT molecular complexity index is 1000. The fourth-order valence-electron chi connectivity index (χ4n) is 3.12. The average Bonchev–Trinajstić information content (AvgIpc) is 2.94. The lowest BCUT2D eigenvalue weighted by molar-refractivity contribution is -0.129. The van der Waals surface area contributed by atoms with E-state index in [1.807, 2.05) is 6.92 Å². The maximum absolute atomic E-state index is 13.6. The van der Waals surface area contributed by atoms with Crippen molar-refractivity contribution in [3.05, 3.63) is 65.9 Å². The number of hydrogen-bond donors (Lipinski definition) is 2.